The standard InChI is InChI=1S/C6H6BrN.C2H4O2/c1-5-3-2-4-6(7)8-5;1-4-2-3/h2-4H,1H3;2H,1H3. The van der Waals surface area contributed by atoms with Gasteiger partial charge in [-0.3, -0.25) is 4.79 Å². The van der Waals surface area contributed by atoms with Crippen LogP contribution in [-0.2, 0) is 9.53 Å². The van der Waals surface area contributed by atoms with Crippen molar-refractivity contribution < 1.29 is 9.53 Å². The normalized spacial score (nSPS) is 7.92. The number of carbonyl (C=O) groups is 1. The molecule has 66 valence electrons. The Morgan fingerprint density at radius 1 is 1.58 bits per heavy atom. The molecule has 0 fully saturated rings. The number of hydrogen-bond acceptors (Lipinski definition) is 3. The number of carbonyl (C=O) groups excluding carboxylic acids is 1. The van der Waals surface area contributed by atoms with Gasteiger partial charge in [-0.25, -0.2) is 4.98 Å². The summed E-state index contributed by atoms with van der Waals surface area (Å²) in [6, 6.07) is 5.84. The fourth-order valence-electron chi connectivity index (χ4n) is 0.510. The van der Waals surface area contributed by atoms with Crippen LogP contribution < -0.4 is 0 Å². The zero-order valence-electron chi connectivity index (χ0n) is 6.95. The second kappa shape index (κ2) is 6.79. The van der Waals surface area contributed by atoms with E-state index >= 15 is 0 Å². The Labute approximate surface area is 79.9 Å². The van der Waals surface area contributed by atoms with Gasteiger partial charge in [0, 0.05) is 5.69 Å². The number of rotatable bonds is 1. The van der Waals surface area contributed by atoms with E-state index < -0.39 is 0 Å². The number of methoxy groups -OCH3 is 1. The lowest BCUT2D eigenvalue weighted by Gasteiger charge is -1.88. The molecule has 1 aromatic rings. The molecule has 0 saturated heterocycles. The largest absolute Gasteiger partial charge is 0.471 e. The van der Waals surface area contributed by atoms with E-state index in [9.17, 15) is 0 Å². The van der Waals surface area contributed by atoms with Gasteiger partial charge in [-0.1, -0.05) is 6.07 Å². The van der Waals surface area contributed by atoms with Crippen LogP contribution in [0.5, 0.6) is 0 Å². The van der Waals surface area contributed by atoms with Gasteiger partial charge in [0.25, 0.3) is 6.47 Å². The van der Waals surface area contributed by atoms with Crippen LogP contribution in [0.4, 0.5) is 0 Å². The second-order valence-electron chi connectivity index (χ2n) is 1.93. The molecule has 1 rings (SSSR count). The number of aryl methyl sites for hydroxylation is 1. The van der Waals surface area contributed by atoms with Crippen LogP contribution in [0.25, 0.3) is 0 Å². The Morgan fingerprint density at radius 2 is 2.17 bits per heavy atom. The van der Waals surface area contributed by atoms with Gasteiger partial charge < -0.3 is 4.74 Å². The van der Waals surface area contributed by atoms with Gasteiger partial charge in [-0.2, -0.15) is 0 Å². The summed E-state index contributed by atoms with van der Waals surface area (Å²) in [5.74, 6) is 0. The molecular formula is C8H10BrNO2. The number of pyridine rings is 1. The molecule has 0 atom stereocenters. The maximum Gasteiger partial charge on any atom is 0.292 e. The SMILES string of the molecule is COC=O.Cc1cccc(Br)n1. The summed E-state index contributed by atoms with van der Waals surface area (Å²) in [5.41, 5.74) is 1.04. The maximum atomic E-state index is 8.95. The molecule has 0 N–H and O–H groups in total. The van der Waals surface area contributed by atoms with Crippen molar-refractivity contribution >= 4 is 22.4 Å². The van der Waals surface area contributed by atoms with Crippen LogP contribution >= 0.6 is 15.9 Å². The van der Waals surface area contributed by atoms with Crippen molar-refractivity contribution in [2.75, 3.05) is 7.11 Å². The summed E-state index contributed by atoms with van der Waals surface area (Å²) in [4.78, 5) is 13.0. The van der Waals surface area contributed by atoms with E-state index in [1.165, 1.54) is 7.11 Å². The number of hydrogen-bond donors (Lipinski definition) is 0. The lowest BCUT2D eigenvalue weighted by Crippen LogP contribution is -1.77. The average Bonchev–Trinajstić information content (AvgIpc) is 2.04. The topological polar surface area (TPSA) is 39.2 Å². The Morgan fingerprint density at radius 3 is 2.42 bits per heavy atom. The Bertz CT molecular complexity index is 223. The number of nitrogens with zero attached hydrogens (tertiary/aromatic N) is 1. The van der Waals surface area contributed by atoms with Gasteiger partial charge in [0.2, 0.25) is 0 Å². The lowest BCUT2D eigenvalue weighted by molar-refractivity contribution is -0.126. The maximum absolute atomic E-state index is 8.95. The molecule has 0 spiro atoms. The van der Waals surface area contributed by atoms with Crippen LogP contribution in [0.2, 0.25) is 0 Å². The molecule has 4 heteroatoms. The van der Waals surface area contributed by atoms with E-state index in [0.29, 0.717) is 6.47 Å². The van der Waals surface area contributed by atoms with Crippen LogP contribution in [0.1, 0.15) is 5.69 Å². The van der Waals surface area contributed by atoms with Gasteiger partial charge in [-0.15, -0.1) is 0 Å². The summed E-state index contributed by atoms with van der Waals surface area (Å²) in [6.07, 6.45) is 0. The van der Waals surface area contributed by atoms with E-state index in [1.54, 1.807) is 0 Å². The highest BCUT2D eigenvalue weighted by Crippen LogP contribution is 2.04. The molecular weight excluding hydrogens is 222 g/mol. The van der Waals surface area contributed by atoms with Gasteiger partial charge in [0.1, 0.15) is 4.60 Å². The fourth-order valence-corrected chi connectivity index (χ4v) is 0.942. The third kappa shape index (κ3) is 5.85. The zero-order valence-corrected chi connectivity index (χ0v) is 8.54. The number of halogens is 1. The molecule has 1 heterocycles. The summed E-state index contributed by atoms with van der Waals surface area (Å²) in [7, 11) is 1.31. The zero-order chi connectivity index (χ0) is 9.40. The Hall–Kier alpha value is -0.900. The molecule has 0 aliphatic heterocycles. The van der Waals surface area contributed by atoms with Gasteiger partial charge >= 0.3 is 0 Å². The van der Waals surface area contributed by atoms with Crippen molar-refractivity contribution in [3.63, 3.8) is 0 Å². The first-order valence-corrected chi connectivity index (χ1v) is 4.05. The van der Waals surface area contributed by atoms with E-state index in [-0.39, 0.29) is 0 Å². The van der Waals surface area contributed by atoms with Gasteiger partial charge in [0.05, 0.1) is 7.11 Å². The molecule has 0 bridgehead atoms. The molecule has 0 aliphatic rings. The van der Waals surface area contributed by atoms with Gasteiger partial charge in [-0.05, 0) is 35.0 Å². The average molecular weight is 232 g/mol. The third-order valence-electron chi connectivity index (χ3n) is 0.951. The van der Waals surface area contributed by atoms with Crippen LogP contribution in [-0.4, -0.2) is 18.6 Å². The fraction of sp³-hybridized carbons (Fsp3) is 0.250. The van der Waals surface area contributed by atoms with Crippen LogP contribution in [0.3, 0.4) is 0 Å². The van der Waals surface area contributed by atoms with E-state index in [1.807, 2.05) is 25.1 Å². The van der Waals surface area contributed by atoms with Crippen LogP contribution in [0, 0.1) is 6.92 Å². The molecule has 3 nitrogen and oxygen atoms in total. The van der Waals surface area contributed by atoms with Crippen molar-refractivity contribution in [1.29, 1.82) is 0 Å². The molecule has 12 heavy (non-hydrogen) atoms. The van der Waals surface area contributed by atoms with E-state index in [2.05, 4.69) is 25.7 Å². The first-order valence-electron chi connectivity index (χ1n) is 3.26. The first-order chi connectivity index (χ1) is 5.70. The quantitative estimate of drug-likeness (QED) is 0.548. The van der Waals surface area contributed by atoms with Crippen molar-refractivity contribution in [2.24, 2.45) is 0 Å². The van der Waals surface area contributed by atoms with Crippen molar-refractivity contribution in [3.8, 4) is 0 Å². The molecule has 0 saturated carbocycles. The first kappa shape index (κ1) is 11.1. The highest BCUT2D eigenvalue weighted by Gasteiger charge is 1.83. The van der Waals surface area contributed by atoms with Gasteiger partial charge in [0.15, 0.2) is 0 Å². The highest BCUT2D eigenvalue weighted by molar-refractivity contribution is 9.10. The molecule has 0 amide bonds. The molecule has 0 aliphatic carbocycles. The summed E-state index contributed by atoms with van der Waals surface area (Å²) in [6.45, 7) is 2.34. The summed E-state index contributed by atoms with van der Waals surface area (Å²) in [5, 5.41) is 0. The summed E-state index contributed by atoms with van der Waals surface area (Å²) < 4.78 is 4.76. The van der Waals surface area contributed by atoms with Crippen molar-refractivity contribution in [1.82, 2.24) is 4.98 Å². The molecule has 0 aromatic carbocycles. The van der Waals surface area contributed by atoms with Crippen molar-refractivity contribution in [2.45, 2.75) is 6.92 Å². The predicted octanol–water partition coefficient (Wildman–Crippen LogP) is 1.94. The predicted molar refractivity (Wildman–Crippen MR) is 49.7 cm³/mol. The highest BCUT2D eigenvalue weighted by atomic mass is 79.9. The van der Waals surface area contributed by atoms with E-state index in [0.717, 1.165) is 10.3 Å². The second-order valence-corrected chi connectivity index (χ2v) is 2.75. The Kier molecular flexibility index (Phi) is 6.28. The minimum atomic E-state index is 0.375. The number of aromatic nitrogens is 1. The minimum absolute atomic E-state index is 0.375. The van der Waals surface area contributed by atoms with E-state index in [4.69, 9.17) is 4.79 Å². The smallest absolute Gasteiger partial charge is 0.292 e. The number of ether oxygens (including phenoxy) is 1. The Balaban J connectivity index is 0.000000261. The molecule has 1 aromatic heterocycles. The molecule has 0 unspecified atom stereocenters. The molecule has 0 radical (unpaired) electrons. The lowest BCUT2D eigenvalue weighted by atomic mass is 10.4. The summed E-state index contributed by atoms with van der Waals surface area (Å²) >= 11 is 3.25. The van der Waals surface area contributed by atoms with Crippen LogP contribution in [0.15, 0.2) is 22.8 Å². The minimum Gasteiger partial charge on any atom is -0.471 e. The van der Waals surface area contributed by atoms with Crippen molar-refractivity contribution in [3.05, 3.63) is 28.5 Å². The monoisotopic (exact) mass is 231 g/mol. The third-order valence-corrected chi connectivity index (χ3v) is 1.39.